The number of carbonyl (C=O) groups excluding carboxylic acids is 1. The Hall–Kier alpha value is -1.92. The van der Waals surface area contributed by atoms with Crippen molar-refractivity contribution in [3.8, 4) is 5.75 Å². The van der Waals surface area contributed by atoms with Gasteiger partial charge < -0.3 is 15.4 Å². The summed E-state index contributed by atoms with van der Waals surface area (Å²) in [6.07, 6.45) is 1.57. The highest BCUT2D eigenvalue weighted by Gasteiger charge is 2.48. The lowest BCUT2D eigenvalue weighted by Crippen LogP contribution is -2.55. The Labute approximate surface area is 145 Å². The molecule has 0 bridgehead atoms. The van der Waals surface area contributed by atoms with E-state index >= 15 is 0 Å². The van der Waals surface area contributed by atoms with Crippen molar-refractivity contribution in [3.05, 3.63) is 29.8 Å². The van der Waals surface area contributed by atoms with Gasteiger partial charge in [-0.05, 0) is 55.7 Å². The van der Waals surface area contributed by atoms with E-state index in [0.717, 1.165) is 12.8 Å². The zero-order valence-corrected chi connectivity index (χ0v) is 14.2. The summed E-state index contributed by atoms with van der Waals surface area (Å²) in [5.74, 6) is 0.134. The molecule has 138 valence electrons. The van der Waals surface area contributed by atoms with Gasteiger partial charge in [0.15, 0.2) is 6.61 Å². The van der Waals surface area contributed by atoms with Crippen LogP contribution in [-0.2, 0) is 0 Å². The lowest BCUT2D eigenvalue weighted by Gasteiger charge is -2.54. The molecule has 2 amide bonds. The minimum atomic E-state index is -4.37. The number of urea groups is 1. The standard InChI is InChI=1S/C18H23F3N2O2/c1-12(13-4-2-5-15(8-13)25-11-18(19,20)21)22-16(24)23-14-9-17(10-14)6-3-7-17/h2,4-5,8,12,14H,3,6-7,9-11H2,1H3,(H2,22,23,24)/t12-/m1/s1. The molecule has 4 nitrogen and oxygen atoms in total. The molecular formula is C18H23F3N2O2. The van der Waals surface area contributed by atoms with E-state index in [1.165, 1.54) is 31.4 Å². The van der Waals surface area contributed by atoms with Crippen LogP contribution in [0.15, 0.2) is 24.3 Å². The molecule has 0 aromatic heterocycles. The van der Waals surface area contributed by atoms with E-state index in [4.69, 9.17) is 4.74 Å². The van der Waals surface area contributed by atoms with Gasteiger partial charge in [-0.3, -0.25) is 0 Å². The molecule has 2 aliphatic carbocycles. The minimum absolute atomic E-state index is 0.134. The third kappa shape index (κ3) is 4.58. The molecule has 1 aromatic rings. The van der Waals surface area contributed by atoms with Gasteiger partial charge >= 0.3 is 12.2 Å². The first kappa shape index (κ1) is 17.9. The van der Waals surface area contributed by atoms with Crippen molar-refractivity contribution in [1.82, 2.24) is 10.6 Å². The number of carbonyl (C=O) groups is 1. The fourth-order valence-electron chi connectivity index (χ4n) is 3.72. The molecule has 25 heavy (non-hydrogen) atoms. The monoisotopic (exact) mass is 356 g/mol. The van der Waals surface area contributed by atoms with E-state index in [1.54, 1.807) is 19.1 Å². The van der Waals surface area contributed by atoms with Crippen molar-refractivity contribution >= 4 is 6.03 Å². The van der Waals surface area contributed by atoms with Crippen LogP contribution in [0.3, 0.4) is 0 Å². The second-order valence-electron chi connectivity index (χ2n) is 7.27. The van der Waals surface area contributed by atoms with Crippen molar-refractivity contribution in [2.45, 2.75) is 57.3 Å². The molecule has 2 N–H and O–H groups in total. The number of nitrogens with one attached hydrogen (secondary N) is 2. The van der Waals surface area contributed by atoms with Gasteiger partial charge in [0.2, 0.25) is 0 Å². The molecule has 2 saturated carbocycles. The third-order valence-electron chi connectivity index (χ3n) is 5.22. The average Bonchev–Trinajstić information content (AvgIpc) is 2.46. The SMILES string of the molecule is C[C@@H](NC(=O)NC1CC2(CCC2)C1)c1cccc(OCC(F)(F)F)c1. The Morgan fingerprint density at radius 2 is 2.08 bits per heavy atom. The Kier molecular flexibility index (Phi) is 4.84. The number of benzene rings is 1. The normalized spacial score (nSPS) is 20.3. The number of hydrogen-bond donors (Lipinski definition) is 2. The summed E-state index contributed by atoms with van der Waals surface area (Å²) in [7, 11) is 0. The zero-order valence-electron chi connectivity index (χ0n) is 14.2. The molecule has 1 aromatic carbocycles. The Morgan fingerprint density at radius 1 is 1.36 bits per heavy atom. The van der Waals surface area contributed by atoms with Gasteiger partial charge in [0.05, 0.1) is 6.04 Å². The second-order valence-corrected chi connectivity index (χ2v) is 7.27. The number of amides is 2. The number of halogens is 3. The first-order valence-corrected chi connectivity index (χ1v) is 8.61. The quantitative estimate of drug-likeness (QED) is 0.825. The van der Waals surface area contributed by atoms with Crippen LogP contribution >= 0.6 is 0 Å². The Morgan fingerprint density at radius 3 is 2.68 bits per heavy atom. The number of alkyl halides is 3. The molecule has 0 heterocycles. The van der Waals surface area contributed by atoms with Gasteiger partial charge in [-0.25, -0.2) is 4.79 Å². The van der Waals surface area contributed by atoms with Crippen LogP contribution < -0.4 is 15.4 Å². The van der Waals surface area contributed by atoms with Crippen molar-refractivity contribution in [3.63, 3.8) is 0 Å². The predicted molar refractivity (Wildman–Crippen MR) is 87.4 cm³/mol. The van der Waals surface area contributed by atoms with Crippen LogP contribution in [0.4, 0.5) is 18.0 Å². The molecule has 2 fully saturated rings. The van der Waals surface area contributed by atoms with Gasteiger partial charge in [0, 0.05) is 6.04 Å². The van der Waals surface area contributed by atoms with Gasteiger partial charge in [-0.1, -0.05) is 18.6 Å². The van der Waals surface area contributed by atoms with Gasteiger partial charge in [0.1, 0.15) is 5.75 Å². The van der Waals surface area contributed by atoms with Crippen LogP contribution in [-0.4, -0.2) is 24.9 Å². The van der Waals surface area contributed by atoms with Crippen molar-refractivity contribution < 1.29 is 22.7 Å². The summed E-state index contributed by atoms with van der Waals surface area (Å²) in [4.78, 5) is 12.1. The maximum absolute atomic E-state index is 12.2. The van der Waals surface area contributed by atoms with Gasteiger partial charge in [0.25, 0.3) is 0 Å². The molecule has 0 aliphatic heterocycles. The minimum Gasteiger partial charge on any atom is -0.484 e. The molecule has 1 spiro atoms. The number of rotatable bonds is 5. The first-order valence-electron chi connectivity index (χ1n) is 8.61. The lowest BCUT2D eigenvalue weighted by molar-refractivity contribution is -0.153. The van der Waals surface area contributed by atoms with Crippen molar-refractivity contribution in [2.24, 2.45) is 5.41 Å². The van der Waals surface area contributed by atoms with E-state index < -0.39 is 12.8 Å². The van der Waals surface area contributed by atoms with E-state index in [2.05, 4.69) is 10.6 Å². The average molecular weight is 356 g/mol. The third-order valence-corrected chi connectivity index (χ3v) is 5.22. The van der Waals surface area contributed by atoms with E-state index in [-0.39, 0.29) is 23.9 Å². The van der Waals surface area contributed by atoms with E-state index in [1.807, 2.05) is 0 Å². The highest BCUT2D eigenvalue weighted by molar-refractivity contribution is 5.75. The van der Waals surface area contributed by atoms with Crippen LogP contribution in [0.1, 0.15) is 50.6 Å². The van der Waals surface area contributed by atoms with Crippen LogP contribution in [0.25, 0.3) is 0 Å². The largest absolute Gasteiger partial charge is 0.484 e. The highest BCUT2D eigenvalue weighted by atomic mass is 19.4. The predicted octanol–water partition coefficient (Wildman–Crippen LogP) is 4.32. The van der Waals surface area contributed by atoms with Crippen LogP contribution in [0.2, 0.25) is 0 Å². The van der Waals surface area contributed by atoms with Crippen molar-refractivity contribution in [2.75, 3.05) is 6.61 Å². The maximum Gasteiger partial charge on any atom is 0.422 e. The molecule has 2 aliphatic rings. The molecular weight excluding hydrogens is 333 g/mol. The highest BCUT2D eigenvalue weighted by Crippen LogP contribution is 2.55. The van der Waals surface area contributed by atoms with Crippen molar-refractivity contribution in [1.29, 1.82) is 0 Å². The zero-order chi connectivity index (χ0) is 18.1. The Bertz CT molecular complexity index is 621. The van der Waals surface area contributed by atoms with Gasteiger partial charge in [-0.2, -0.15) is 13.2 Å². The fraction of sp³-hybridized carbons (Fsp3) is 0.611. The molecule has 0 radical (unpaired) electrons. The summed E-state index contributed by atoms with van der Waals surface area (Å²) in [6, 6.07) is 6.01. The Balaban J connectivity index is 1.47. The fourth-order valence-corrected chi connectivity index (χ4v) is 3.72. The number of ether oxygens (including phenoxy) is 1. The van der Waals surface area contributed by atoms with Crippen LogP contribution in [0, 0.1) is 5.41 Å². The molecule has 1 atom stereocenters. The lowest BCUT2D eigenvalue weighted by atomic mass is 9.54. The molecule has 7 heteroatoms. The summed E-state index contributed by atoms with van der Waals surface area (Å²) < 4.78 is 41.4. The number of hydrogen-bond acceptors (Lipinski definition) is 2. The maximum atomic E-state index is 12.2. The smallest absolute Gasteiger partial charge is 0.422 e. The molecule has 0 saturated heterocycles. The molecule has 3 rings (SSSR count). The van der Waals surface area contributed by atoms with Crippen LogP contribution in [0.5, 0.6) is 5.75 Å². The van der Waals surface area contributed by atoms with Gasteiger partial charge in [-0.15, -0.1) is 0 Å². The summed E-state index contributed by atoms with van der Waals surface area (Å²) in [6.45, 7) is 0.457. The molecule has 0 unspecified atom stereocenters. The second kappa shape index (κ2) is 6.77. The van der Waals surface area contributed by atoms with E-state index in [9.17, 15) is 18.0 Å². The summed E-state index contributed by atoms with van der Waals surface area (Å²) >= 11 is 0. The summed E-state index contributed by atoms with van der Waals surface area (Å²) in [5.41, 5.74) is 1.19. The summed E-state index contributed by atoms with van der Waals surface area (Å²) in [5, 5.41) is 5.80. The topological polar surface area (TPSA) is 50.4 Å². The van der Waals surface area contributed by atoms with E-state index in [0.29, 0.717) is 11.0 Å². The first-order chi connectivity index (χ1) is 11.7.